The third-order valence-corrected chi connectivity index (χ3v) is 2.71. The van der Waals surface area contributed by atoms with Crippen molar-refractivity contribution < 1.29 is 19.1 Å². The molecule has 3 amide bonds. The summed E-state index contributed by atoms with van der Waals surface area (Å²) < 4.78 is 4.90. The predicted molar refractivity (Wildman–Crippen MR) is 60.2 cm³/mol. The lowest BCUT2D eigenvalue weighted by atomic mass is 9.99. The van der Waals surface area contributed by atoms with Crippen molar-refractivity contribution in [3.8, 4) is 0 Å². The molecule has 0 bridgehead atoms. The second-order valence-corrected chi connectivity index (χ2v) is 4.55. The van der Waals surface area contributed by atoms with Gasteiger partial charge in [-0.2, -0.15) is 0 Å². The monoisotopic (exact) mass is 242 g/mol. The minimum atomic E-state index is -0.908. The van der Waals surface area contributed by atoms with Crippen LogP contribution in [0, 0.1) is 0 Å². The van der Waals surface area contributed by atoms with E-state index in [1.165, 1.54) is 0 Å². The average Bonchev–Trinajstić information content (AvgIpc) is 2.42. The van der Waals surface area contributed by atoms with Crippen LogP contribution < -0.4 is 5.32 Å². The molecule has 1 atom stereocenters. The summed E-state index contributed by atoms with van der Waals surface area (Å²) in [5.74, 6) is -0.963. The molecule has 0 saturated carbocycles. The van der Waals surface area contributed by atoms with Gasteiger partial charge < -0.3 is 10.1 Å². The number of hydrogen-bond acceptors (Lipinski definition) is 4. The van der Waals surface area contributed by atoms with Crippen molar-refractivity contribution in [2.24, 2.45) is 0 Å². The maximum atomic E-state index is 11.9. The lowest BCUT2D eigenvalue weighted by molar-refractivity contribution is -0.150. The van der Waals surface area contributed by atoms with Crippen molar-refractivity contribution >= 4 is 17.9 Å². The molecule has 0 unspecified atom stereocenters. The molecule has 0 aromatic carbocycles. The number of imide groups is 1. The molecular formula is C11H18N2O4. The maximum Gasteiger partial charge on any atom is 0.326 e. The number of nitrogens with one attached hydrogen (secondary N) is 1. The maximum absolute atomic E-state index is 11.9. The molecule has 17 heavy (non-hydrogen) atoms. The Kier molecular flexibility index (Phi) is 3.75. The number of carbonyl (C=O) groups excluding carboxylic acids is 3. The van der Waals surface area contributed by atoms with Crippen LogP contribution in [-0.2, 0) is 14.3 Å². The zero-order valence-corrected chi connectivity index (χ0v) is 10.6. The van der Waals surface area contributed by atoms with Gasteiger partial charge in [0.25, 0.3) is 5.91 Å². The Morgan fingerprint density at radius 2 is 2.06 bits per heavy atom. The summed E-state index contributed by atoms with van der Waals surface area (Å²) in [4.78, 5) is 35.8. The van der Waals surface area contributed by atoms with Crippen molar-refractivity contribution in [3.05, 3.63) is 0 Å². The van der Waals surface area contributed by atoms with Gasteiger partial charge in [0.2, 0.25) is 0 Å². The molecular weight excluding hydrogens is 224 g/mol. The van der Waals surface area contributed by atoms with Crippen LogP contribution in [0.3, 0.4) is 0 Å². The predicted octanol–water partition coefficient (Wildman–Crippen LogP) is 0.658. The largest absolute Gasteiger partial charge is 0.462 e. The second-order valence-electron chi connectivity index (χ2n) is 4.55. The molecule has 1 saturated heterocycles. The number of hydrogen-bond donors (Lipinski definition) is 1. The second kappa shape index (κ2) is 4.73. The molecule has 1 aliphatic heterocycles. The van der Waals surface area contributed by atoms with Crippen LogP contribution in [0.25, 0.3) is 0 Å². The number of esters is 1. The molecule has 1 heterocycles. The molecule has 1 rings (SSSR count). The molecule has 6 nitrogen and oxygen atoms in total. The SMILES string of the molecule is CC[C@@]1(C)NC(=O)N(CC(=O)OC(C)C)C1=O. The minimum Gasteiger partial charge on any atom is -0.462 e. The fourth-order valence-corrected chi connectivity index (χ4v) is 1.56. The van der Waals surface area contributed by atoms with Crippen LogP contribution in [0.4, 0.5) is 4.79 Å². The van der Waals surface area contributed by atoms with Crippen LogP contribution in [0.1, 0.15) is 34.1 Å². The Bertz CT molecular complexity index is 353. The Labute approximate surface area is 100 Å². The summed E-state index contributed by atoms with van der Waals surface area (Å²) in [7, 11) is 0. The Balaban J connectivity index is 2.70. The van der Waals surface area contributed by atoms with Gasteiger partial charge in [-0.05, 0) is 27.2 Å². The van der Waals surface area contributed by atoms with Gasteiger partial charge in [-0.3, -0.25) is 14.5 Å². The van der Waals surface area contributed by atoms with Gasteiger partial charge in [-0.1, -0.05) is 6.92 Å². The van der Waals surface area contributed by atoms with Crippen molar-refractivity contribution in [1.82, 2.24) is 10.2 Å². The molecule has 0 aromatic rings. The smallest absolute Gasteiger partial charge is 0.326 e. The molecule has 0 aliphatic carbocycles. The van der Waals surface area contributed by atoms with Crippen LogP contribution in [0.5, 0.6) is 0 Å². The summed E-state index contributed by atoms with van der Waals surface area (Å²) in [6.07, 6.45) is 0.216. The molecule has 6 heteroatoms. The number of nitrogens with zero attached hydrogens (tertiary/aromatic N) is 1. The minimum absolute atomic E-state index is 0.263. The van der Waals surface area contributed by atoms with Crippen molar-refractivity contribution in [1.29, 1.82) is 0 Å². The highest BCUT2D eigenvalue weighted by molar-refractivity contribution is 6.08. The highest BCUT2D eigenvalue weighted by Gasteiger charge is 2.47. The van der Waals surface area contributed by atoms with Gasteiger partial charge in [0.05, 0.1) is 6.10 Å². The Morgan fingerprint density at radius 1 is 1.47 bits per heavy atom. The third-order valence-electron chi connectivity index (χ3n) is 2.71. The first-order chi connectivity index (χ1) is 7.80. The molecule has 0 spiro atoms. The number of ether oxygens (including phenoxy) is 1. The summed E-state index contributed by atoms with van der Waals surface area (Å²) in [6, 6.07) is -0.542. The number of carbonyl (C=O) groups is 3. The van der Waals surface area contributed by atoms with Gasteiger partial charge in [-0.25, -0.2) is 4.79 Å². The molecule has 1 fully saturated rings. The lowest BCUT2D eigenvalue weighted by Crippen LogP contribution is -2.43. The first kappa shape index (κ1) is 13.5. The van der Waals surface area contributed by atoms with Crippen LogP contribution in [0.15, 0.2) is 0 Å². The molecule has 1 N–H and O–H groups in total. The fraction of sp³-hybridized carbons (Fsp3) is 0.727. The number of rotatable bonds is 4. The van der Waals surface area contributed by atoms with Gasteiger partial charge in [-0.15, -0.1) is 0 Å². The number of amides is 3. The molecule has 1 aliphatic rings. The molecule has 0 aromatic heterocycles. The number of urea groups is 1. The highest BCUT2D eigenvalue weighted by Crippen LogP contribution is 2.20. The van der Waals surface area contributed by atoms with E-state index < -0.39 is 17.5 Å². The Morgan fingerprint density at radius 3 is 2.47 bits per heavy atom. The van der Waals surface area contributed by atoms with Gasteiger partial charge >= 0.3 is 12.0 Å². The van der Waals surface area contributed by atoms with E-state index >= 15 is 0 Å². The zero-order chi connectivity index (χ0) is 13.2. The summed E-state index contributed by atoms with van der Waals surface area (Å²) in [5, 5.41) is 2.57. The zero-order valence-electron chi connectivity index (χ0n) is 10.6. The van der Waals surface area contributed by atoms with Gasteiger partial charge in [0.15, 0.2) is 0 Å². The van der Waals surface area contributed by atoms with Crippen molar-refractivity contribution in [2.75, 3.05) is 6.54 Å². The standard InChI is InChI=1S/C11H18N2O4/c1-5-11(4)9(15)13(10(16)12-11)6-8(14)17-7(2)3/h7H,5-6H2,1-4H3,(H,12,16)/t11-/m1/s1. The van der Waals surface area contributed by atoms with Crippen LogP contribution in [0.2, 0.25) is 0 Å². The molecule has 0 radical (unpaired) electrons. The van der Waals surface area contributed by atoms with E-state index in [4.69, 9.17) is 4.74 Å². The van der Waals surface area contributed by atoms with Gasteiger partial charge in [0.1, 0.15) is 12.1 Å². The fourth-order valence-electron chi connectivity index (χ4n) is 1.56. The normalized spacial score (nSPS) is 24.2. The van der Waals surface area contributed by atoms with E-state index in [1.54, 1.807) is 27.7 Å². The van der Waals surface area contributed by atoms with E-state index in [0.29, 0.717) is 6.42 Å². The van der Waals surface area contributed by atoms with Crippen LogP contribution >= 0.6 is 0 Å². The first-order valence-electron chi connectivity index (χ1n) is 5.63. The van der Waals surface area contributed by atoms with Crippen molar-refractivity contribution in [3.63, 3.8) is 0 Å². The summed E-state index contributed by atoms with van der Waals surface area (Å²) in [5.41, 5.74) is -0.908. The highest BCUT2D eigenvalue weighted by atomic mass is 16.5. The first-order valence-corrected chi connectivity index (χ1v) is 5.63. The van der Waals surface area contributed by atoms with E-state index in [2.05, 4.69) is 5.32 Å². The topological polar surface area (TPSA) is 75.7 Å². The Hall–Kier alpha value is -1.59. The third kappa shape index (κ3) is 2.75. The van der Waals surface area contributed by atoms with Crippen molar-refractivity contribution in [2.45, 2.75) is 45.8 Å². The van der Waals surface area contributed by atoms with Gasteiger partial charge in [0, 0.05) is 0 Å². The van der Waals surface area contributed by atoms with E-state index in [0.717, 1.165) is 4.90 Å². The van der Waals surface area contributed by atoms with E-state index in [9.17, 15) is 14.4 Å². The lowest BCUT2D eigenvalue weighted by Gasteiger charge is -2.19. The summed E-state index contributed by atoms with van der Waals surface area (Å²) >= 11 is 0. The van der Waals surface area contributed by atoms with E-state index in [1.807, 2.05) is 0 Å². The van der Waals surface area contributed by atoms with Crippen LogP contribution in [-0.4, -0.2) is 41.0 Å². The quantitative estimate of drug-likeness (QED) is 0.580. The van der Waals surface area contributed by atoms with E-state index in [-0.39, 0.29) is 18.6 Å². The summed E-state index contributed by atoms with van der Waals surface area (Å²) in [6.45, 7) is 6.52. The molecule has 96 valence electrons. The average molecular weight is 242 g/mol.